The molecule has 0 amide bonds. The Morgan fingerprint density at radius 2 is 2.00 bits per heavy atom. The zero-order valence-corrected chi connectivity index (χ0v) is 14.2. The normalized spacial score (nSPS) is 30.3. The average molecular weight is 354 g/mol. The lowest BCUT2D eigenvalue weighted by Gasteiger charge is -2.51. The first-order chi connectivity index (χ1) is 13.1. The predicted octanol–water partition coefficient (Wildman–Crippen LogP) is 1.38. The summed E-state index contributed by atoms with van der Waals surface area (Å²) in [7, 11) is 0. The number of phenols is 1. The van der Waals surface area contributed by atoms with Crippen molar-refractivity contribution < 1.29 is 14.9 Å². The van der Waals surface area contributed by atoms with Crippen molar-refractivity contribution in [3.8, 4) is 11.5 Å². The van der Waals surface area contributed by atoms with Crippen molar-refractivity contribution in [2.75, 3.05) is 0 Å². The largest absolute Gasteiger partial charge is 0.504 e. The molecule has 2 unspecified atom stereocenters. The second kappa shape index (κ2) is 4.05. The Hall–Kier alpha value is -3.18. The third kappa shape index (κ3) is 1.28. The quantitative estimate of drug-likeness (QED) is 0.751. The van der Waals surface area contributed by atoms with Crippen LogP contribution in [-0.4, -0.2) is 21.5 Å². The molecule has 5 nitrogen and oxygen atoms in total. The van der Waals surface area contributed by atoms with E-state index >= 15 is 0 Å². The number of aromatic hydroxyl groups is 1. The van der Waals surface area contributed by atoms with E-state index in [1.165, 1.54) is 0 Å². The lowest BCUT2D eigenvalue weighted by Crippen LogP contribution is -2.62. The summed E-state index contributed by atoms with van der Waals surface area (Å²) in [5, 5.41) is 24.4. The van der Waals surface area contributed by atoms with Gasteiger partial charge < -0.3 is 14.9 Å². The fraction of sp³-hybridized carbons (Fsp3) is 0.182. The third-order valence-corrected chi connectivity index (χ3v) is 6.62. The number of allylic oxidation sites excluding steroid dienone is 1. The summed E-state index contributed by atoms with van der Waals surface area (Å²) in [6.45, 7) is 0. The predicted molar refractivity (Wildman–Crippen MR) is 97.9 cm³/mol. The molecule has 2 aromatic rings. The number of hydrogen-bond acceptors (Lipinski definition) is 5. The fourth-order valence-electron chi connectivity index (χ4n) is 5.47. The highest BCUT2D eigenvalue weighted by Crippen LogP contribution is 2.65. The molecule has 2 aromatic carbocycles. The number of fused-ring (bicyclic) bond motifs is 2. The van der Waals surface area contributed by atoms with E-state index in [-0.39, 0.29) is 5.75 Å². The van der Waals surface area contributed by atoms with Crippen LogP contribution in [0.15, 0.2) is 70.1 Å². The maximum Gasteiger partial charge on any atom is 0.173 e. The zero-order valence-electron chi connectivity index (χ0n) is 14.2. The Labute approximate surface area is 154 Å². The van der Waals surface area contributed by atoms with Crippen molar-refractivity contribution in [3.05, 3.63) is 81.8 Å². The van der Waals surface area contributed by atoms with E-state index in [0.717, 1.165) is 38.7 Å². The van der Waals surface area contributed by atoms with Gasteiger partial charge in [0.2, 0.25) is 0 Å². The maximum atomic E-state index is 12.0. The first-order valence-corrected chi connectivity index (χ1v) is 9.06. The van der Waals surface area contributed by atoms with Crippen LogP contribution in [0, 0.1) is 0 Å². The Morgan fingerprint density at radius 3 is 2.93 bits per heavy atom. The molecule has 0 radical (unpaired) electrons. The smallest absolute Gasteiger partial charge is 0.173 e. The summed E-state index contributed by atoms with van der Waals surface area (Å²) in [4.78, 5) is 9.39. The van der Waals surface area contributed by atoms with E-state index in [4.69, 9.17) is 9.73 Å². The van der Waals surface area contributed by atoms with E-state index in [9.17, 15) is 10.2 Å². The van der Waals surface area contributed by atoms with Gasteiger partial charge in [-0.3, -0.25) is 4.99 Å². The summed E-state index contributed by atoms with van der Waals surface area (Å²) in [6, 6.07) is 11.5. The standard InChI is InChI=1S/C22H14N2O3/c25-15-6-5-11-9-16-22(26)10-13-12-3-1-2-4-14(12)24-18(13)20-21(22,7-8-23-16)17(11)19(15)27-20/h1-8,25-26H,9-10H2. The van der Waals surface area contributed by atoms with Crippen LogP contribution in [0.4, 0.5) is 0 Å². The molecule has 0 fully saturated rings. The number of ether oxygens (including phenoxy) is 1. The van der Waals surface area contributed by atoms with E-state index in [0.29, 0.717) is 24.4 Å². The van der Waals surface area contributed by atoms with Gasteiger partial charge in [-0.25, -0.2) is 4.99 Å². The summed E-state index contributed by atoms with van der Waals surface area (Å²) >= 11 is 0. The van der Waals surface area contributed by atoms with Gasteiger partial charge in [0.05, 0.1) is 11.1 Å². The number of nitrogens with zero attached hydrogens (tertiary/aromatic N) is 2. The summed E-state index contributed by atoms with van der Waals surface area (Å²) in [5.41, 5.74) is 2.30. The molecule has 2 atom stereocenters. The molecule has 130 valence electrons. The van der Waals surface area contributed by atoms with Gasteiger partial charge in [-0.15, -0.1) is 0 Å². The molecule has 1 spiro atoms. The number of aliphatic hydroxyl groups is 1. The molecule has 3 heterocycles. The molecule has 7 rings (SSSR count). The van der Waals surface area contributed by atoms with Gasteiger partial charge >= 0.3 is 0 Å². The van der Waals surface area contributed by atoms with Crippen LogP contribution in [0.2, 0.25) is 0 Å². The second-order valence-corrected chi connectivity index (χ2v) is 7.75. The van der Waals surface area contributed by atoms with E-state index < -0.39 is 11.0 Å². The first-order valence-electron chi connectivity index (χ1n) is 9.06. The number of phenolic OH excluding ortho intramolecular Hbond substituents is 1. The molecule has 2 aliphatic carbocycles. The molecule has 3 aliphatic heterocycles. The molecule has 5 heteroatoms. The van der Waals surface area contributed by atoms with Crippen molar-refractivity contribution in [1.29, 1.82) is 0 Å². The van der Waals surface area contributed by atoms with Gasteiger partial charge in [-0.1, -0.05) is 24.3 Å². The van der Waals surface area contributed by atoms with Crippen LogP contribution in [0.25, 0.3) is 5.57 Å². The first kappa shape index (κ1) is 13.9. The number of hydrogen-bond donors (Lipinski definition) is 2. The fourth-order valence-corrected chi connectivity index (χ4v) is 5.47. The maximum absolute atomic E-state index is 12.0. The number of para-hydroxylation sites is 1. The van der Waals surface area contributed by atoms with Crippen molar-refractivity contribution >= 4 is 11.3 Å². The van der Waals surface area contributed by atoms with Crippen LogP contribution in [0.3, 0.4) is 0 Å². The Morgan fingerprint density at radius 1 is 1.11 bits per heavy atom. The molecule has 5 aliphatic rings. The van der Waals surface area contributed by atoms with Crippen LogP contribution in [-0.2, 0) is 11.8 Å². The third-order valence-electron chi connectivity index (χ3n) is 6.62. The van der Waals surface area contributed by atoms with Gasteiger partial charge in [-0.05, 0) is 29.3 Å². The topological polar surface area (TPSA) is 74.4 Å². The lowest BCUT2D eigenvalue weighted by molar-refractivity contribution is 0.0482. The van der Waals surface area contributed by atoms with Gasteiger partial charge in [0.1, 0.15) is 22.5 Å². The van der Waals surface area contributed by atoms with Crippen molar-refractivity contribution in [3.63, 3.8) is 0 Å². The van der Waals surface area contributed by atoms with Crippen LogP contribution >= 0.6 is 0 Å². The molecular formula is C22H14N2O3. The highest BCUT2D eigenvalue weighted by Gasteiger charge is 2.68. The minimum Gasteiger partial charge on any atom is -0.504 e. The summed E-state index contributed by atoms with van der Waals surface area (Å²) in [5.74, 6) is 1.12. The van der Waals surface area contributed by atoms with Crippen LogP contribution in [0.5, 0.6) is 11.5 Å². The van der Waals surface area contributed by atoms with Crippen molar-refractivity contribution in [2.24, 2.45) is 9.98 Å². The number of benzene rings is 2. The van der Waals surface area contributed by atoms with E-state index in [2.05, 4.69) is 4.99 Å². The van der Waals surface area contributed by atoms with Gasteiger partial charge in [0, 0.05) is 29.8 Å². The SMILES string of the molecule is Oc1ccc2c3c1OC1=C4N=c5ccccc5=C4CC4(O)C(=NC=CC134)C2. The molecule has 27 heavy (non-hydrogen) atoms. The zero-order chi connectivity index (χ0) is 18.0. The van der Waals surface area contributed by atoms with E-state index in [1.807, 2.05) is 36.4 Å². The van der Waals surface area contributed by atoms with Gasteiger partial charge in [-0.2, -0.15) is 0 Å². The van der Waals surface area contributed by atoms with Crippen molar-refractivity contribution in [2.45, 2.75) is 23.9 Å². The number of aliphatic imine (C=N–C) groups is 1. The molecule has 0 saturated heterocycles. The van der Waals surface area contributed by atoms with Gasteiger partial charge in [0.15, 0.2) is 11.5 Å². The molecule has 2 N–H and O–H groups in total. The molecule has 2 bridgehead atoms. The Bertz CT molecular complexity index is 1330. The highest BCUT2D eigenvalue weighted by atomic mass is 16.5. The molecule has 0 saturated carbocycles. The molecule has 0 aromatic heterocycles. The Kier molecular flexibility index (Phi) is 2.09. The number of rotatable bonds is 0. The minimum atomic E-state index is -1.21. The Balaban J connectivity index is 1.71. The minimum absolute atomic E-state index is 0.0874. The van der Waals surface area contributed by atoms with E-state index in [1.54, 1.807) is 12.3 Å². The molecular weight excluding hydrogens is 340 g/mol. The summed E-state index contributed by atoms with van der Waals surface area (Å²) < 4.78 is 6.27. The average Bonchev–Trinajstić information content (AvgIpc) is 3.18. The van der Waals surface area contributed by atoms with Gasteiger partial charge in [0.25, 0.3) is 0 Å². The van der Waals surface area contributed by atoms with Crippen molar-refractivity contribution in [1.82, 2.24) is 0 Å². The highest BCUT2D eigenvalue weighted by molar-refractivity contribution is 6.04. The summed E-state index contributed by atoms with van der Waals surface area (Å²) in [6.07, 6.45) is 4.64. The monoisotopic (exact) mass is 354 g/mol. The van der Waals surface area contributed by atoms with Crippen LogP contribution in [0.1, 0.15) is 17.5 Å². The second-order valence-electron chi connectivity index (χ2n) is 7.75. The lowest BCUT2D eigenvalue weighted by atomic mass is 9.54. The van der Waals surface area contributed by atoms with Crippen LogP contribution < -0.4 is 15.3 Å².